The molecule has 0 radical (unpaired) electrons. The number of thiazole rings is 1. The zero-order chi connectivity index (χ0) is 15.5. The maximum atomic E-state index is 12.2. The maximum Gasteiger partial charge on any atom is 0.303 e. The highest BCUT2D eigenvalue weighted by molar-refractivity contribution is 7.13. The topological polar surface area (TPSA) is 88.5 Å². The first-order chi connectivity index (χ1) is 9.87. The number of nitrogens with zero attached hydrogens (tertiary/aromatic N) is 1. The Morgan fingerprint density at radius 2 is 2.33 bits per heavy atom. The van der Waals surface area contributed by atoms with Gasteiger partial charge in [-0.1, -0.05) is 0 Å². The van der Waals surface area contributed by atoms with Gasteiger partial charge < -0.3 is 15.2 Å². The minimum absolute atomic E-state index is 0.0107. The Morgan fingerprint density at radius 3 is 2.95 bits per heavy atom. The van der Waals surface area contributed by atoms with Gasteiger partial charge in [-0.15, -0.1) is 11.3 Å². The second-order valence-corrected chi connectivity index (χ2v) is 6.86. The lowest BCUT2D eigenvalue weighted by Crippen LogP contribution is -2.43. The van der Waals surface area contributed by atoms with E-state index in [0.29, 0.717) is 11.3 Å². The van der Waals surface area contributed by atoms with Gasteiger partial charge in [0.05, 0.1) is 6.20 Å². The van der Waals surface area contributed by atoms with Crippen LogP contribution in [0.4, 0.5) is 0 Å². The van der Waals surface area contributed by atoms with Crippen LogP contribution in [-0.4, -0.2) is 34.1 Å². The average Bonchev–Trinajstić information content (AvgIpc) is 3.06. The van der Waals surface area contributed by atoms with Crippen LogP contribution >= 0.6 is 11.3 Å². The Morgan fingerprint density at radius 1 is 1.57 bits per heavy atom. The maximum absolute atomic E-state index is 12.2. The summed E-state index contributed by atoms with van der Waals surface area (Å²) in [7, 11) is 0. The summed E-state index contributed by atoms with van der Waals surface area (Å²) >= 11 is 1.34. The molecule has 0 spiro atoms. The standard InChI is InChI=1S/C14H20N2O4S/c1-14(2,6-5-11(17)18)16-12(19)10-8-15-13(21-10)9-4-3-7-20-9/h8-9H,3-7H2,1-2H3,(H,16,19)(H,17,18). The monoisotopic (exact) mass is 312 g/mol. The van der Waals surface area contributed by atoms with Gasteiger partial charge in [-0.2, -0.15) is 0 Å². The predicted molar refractivity (Wildman–Crippen MR) is 78.5 cm³/mol. The lowest BCUT2D eigenvalue weighted by molar-refractivity contribution is -0.137. The van der Waals surface area contributed by atoms with Gasteiger partial charge in [-0.05, 0) is 33.1 Å². The molecule has 2 rings (SSSR count). The number of hydrogen-bond acceptors (Lipinski definition) is 5. The van der Waals surface area contributed by atoms with Crippen molar-refractivity contribution < 1.29 is 19.4 Å². The van der Waals surface area contributed by atoms with Gasteiger partial charge in [0.15, 0.2) is 0 Å². The summed E-state index contributed by atoms with van der Waals surface area (Å²) in [5, 5.41) is 12.4. The molecule has 1 fully saturated rings. The number of carbonyl (C=O) groups is 2. The number of ether oxygens (including phenoxy) is 1. The first-order valence-electron chi connectivity index (χ1n) is 6.99. The fourth-order valence-electron chi connectivity index (χ4n) is 2.16. The average molecular weight is 312 g/mol. The lowest BCUT2D eigenvalue weighted by atomic mass is 9.98. The number of aliphatic carboxylic acids is 1. The second-order valence-electron chi connectivity index (χ2n) is 5.80. The fourth-order valence-corrected chi connectivity index (χ4v) is 3.06. The number of carboxylic acid groups (broad SMARTS) is 1. The van der Waals surface area contributed by atoms with Crippen molar-refractivity contribution in [2.45, 2.75) is 51.2 Å². The summed E-state index contributed by atoms with van der Waals surface area (Å²) in [5.74, 6) is -1.08. The Hall–Kier alpha value is -1.47. The van der Waals surface area contributed by atoms with Crippen LogP contribution in [0.3, 0.4) is 0 Å². The van der Waals surface area contributed by atoms with E-state index in [1.54, 1.807) is 6.20 Å². The highest BCUT2D eigenvalue weighted by Crippen LogP contribution is 2.31. The van der Waals surface area contributed by atoms with Gasteiger partial charge in [0.2, 0.25) is 0 Å². The molecule has 0 aliphatic carbocycles. The van der Waals surface area contributed by atoms with Gasteiger partial charge in [-0.25, -0.2) is 4.98 Å². The van der Waals surface area contributed by atoms with E-state index in [9.17, 15) is 9.59 Å². The number of rotatable bonds is 6. The molecule has 2 heterocycles. The van der Waals surface area contributed by atoms with Crippen LogP contribution in [0.1, 0.15) is 60.3 Å². The molecule has 7 heteroatoms. The van der Waals surface area contributed by atoms with Crippen molar-refractivity contribution in [3.05, 3.63) is 16.1 Å². The summed E-state index contributed by atoms with van der Waals surface area (Å²) < 4.78 is 5.55. The number of hydrogen-bond donors (Lipinski definition) is 2. The van der Waals surface area contributed by atoms with Crippen molar-refractivity contribution in [1.82, 2.24) is 10.3 Å². The van der Waals surface area contributed by atoms with Crippen LogP contribution in [0, 0.1) is 0 Å². The first kappa shape index (κ1) is 15.9. The summed E-state index contributed by atoms with van der Waals surface area (Å²) in [4.78, 5) is 27.6. The number of amides is 1. The number of aromatic nitrogens is 1. The molecule has 1 saturated heterocycles. The van der Waals surface area contributed by atoms with E-state index in [1.807, 2.05) is 13.8 Å². The predicted octanol–water partition coefficient (Wildman–Crippen LogP) is 2.37. The molecule has 1 aromatic rings. The molecule has 116 valence electrons. The molecule has 0 aromatic carbocycles. The first-order valence-corrected chi connectivity index (χ1v) is 7.81. The van der Waals surface area contributed by atoms with E-state index >= 15 is 0 Å². The van der Waals surface area contributed by atoms with Crippen molar-refractivity contribution in [1.29, 1.82) is 0 Å². The zero-order valence-corrected chi connectivity index (χ0v) is 13.0. The van der Waals surface area contributed by atoms with Crippen LogP contribution < -0.4 is 5.32 Å². The van der Waals surface area contributed by atoms with Crippen molar-refractivity contribution in [3.8, 4) is 0 Å². The minimum atomic E-state index is -0.865. The number of nitrogens with one attached hydrogen (secondary N) is 1. The van der Waals surface area contributed by atoms with Gasteiger partial charge in [0.25, 0.3) is 5.91 Å². The molecule has 0 saturated carbocycles. The van der Waals surface area contributed by atoms with Crippen molar-refractivity contribution in [2.24, 2.45) is 0 Å². The summed E-state index contributed by atoms with van der Waals surface area (Å²) in [5.41, 5.74) is -0.566. The third-order valence-electron chi connectivity index (χ3n) is 3.37. The summed E-state index contributed by atoms with van der Waals surface area (Å²) in [6.07, 6.45) is 3.94. The quantitative estimate of drug-likeness (QED) is 0.842. The van der Waals surface area contributed by atoms with Gasteiger partial charge in [0.1, 0.15) is 16.0 Å². The fraction of sp³-hybridized carbons (Fsp3) is 0.643. The SMILES string of the molecule is CC(C)(CCC(=O)O)NC(=O)c1cnc(C2CCCO2)s1. The van der Waals surface area contributed by atoms with Crippen LogP contribution in [0.15, 0.2) is 6.20 Å². The molecular weight excluding hydrogens is 292 g/mol. The highest BCUT2D eigenvalue weighted by atomic mass is 32.1. The third kappa shape index (κ3) is 4.50. The summed E-state index contributed by atoms with van der Waals surface area (Å²) in [6, 6.07) is 0. The number of carboxylic acids is 1. The largest absolute Gasteiger partial charge is 0.481 e. The number of carbonyl (C=O) groups excluding carboxylic acids is 1. The molecule has 1 aliphatic rings. The normalized spacial score (nSPS) is 18.7. The Balaban J connectivity index is 1.95. The van der Waals surface area contributed by atoms with E-state index in [0.717, 1.165) is 24.5 Å². The molecule has 1 aliphatic heterocycles. The highest BCUT2D eigenvalue weighted by Gasteiger charge is 2.25. The van der Waals surface area contributed by atoms with Gasteiger partial charge in [0, 0.05) is 18.6 Å². The van der Waals surface area contributed by atoms with Crippen LogP contribution in [-0.2, 0) is 9.53 Å². The minimum Gasteiger partial charge on any atom is -0.481 e. The van der Waals surface area contributed by atoms with Gasteiger partial charge in [-0.3, -0.25) is 9.59 Å². The van der Waals surface area contributed by atoms with E-state index in [1.165, 1.54) is 11.3 Å². The smallest absolute Gasteiger partial charge is 0.303 e. The van der Waals surface area contributed by atoms with Crippen molar-refractivity contribution in [2.75, 3.05) is 6.61 Å². The van der Waals surface area contributed by atoms with E-state index < -0.39 is 11.5 Å². The second kappa shape index (κ2) is 6.53. The van der Waals surface area contributed by atoms with Crippen molar-refractivity contribution >= 4 is 23.2 Å². The van der Waals surface area contributed by atoms with Crippen LogP contribution in [0.2, 0.25) is 0 Å². The van der Waals surface area contributed by atoms with Crippen molar-refractivity contribution in [3.63, 3.8) is 0 Å². The molecule has 1 atom stereocenters. The lowest BCUT2D eigenvalue weighted by Gasteiger charge is -2.25. The van der Waals surface area contributed by atoms with E-state index in [2.05, 4.69) is 10.3 Å². The molecule has 21 heavy (non-hydrogen) atoms. The van der Waals surface area contributed by atoms with Gasteiger partial charge >= 0.3 is 5.97 Å². The molecule has 1 unspecified atom stereocenters. The molecule has 6 nitrogen and oxygen atoms in total. The molecule has 1 aromatic heterocycles. The molecule has 0 bridgehead atoms. The zero-order valence-electron chi connectivity index (χ0n) is 12.2. The Kier molecular flexibility index (Phi) is 4.95. The van der Waals surface area contributed by atoms with Crippen LogP contribution in [0.25, 0.3) is 0 Å². The third-order valence-corrected chi connectivity index (χ3v) is 4.46. The molecule has 1 amide bonds. The summed E-state index contributed by atoms with van der Waals surface area (Å²) in [6.45, 7) is 4.37. The Labute approximate surface area is 127 Å². The Bertz CT molecular complexity index is 521. The molecule has 2 N–H and O–H groups in total. The van der Waals surface area contributed by atoms with E-state index in [4.69, 9.17) is 9.84 Å². The van der Waals surface area contributed by atoms with Crippen LogP contribution in [0.5, 0.6) is 0 Å². The molecular formula is C14H20N2O4S. The van der Waals surface area contributed by atoms with E-state index in [-0.39, 0.29) is 18.4 Å².